The standard InChI is InChI=1S/C48H30N6OS/c1-4-14-31(15-5-1)43-49-44(32-16-6-2-7-17-32)52-47(51-43)35-20-12-21-37(30-35)55-36-28-26-34(27-29-36)46-50-45(33-18-8-3-9-19-33)53-48(54-46)40-24-13-23-39-38-22-10-11-25-41(38)56-42(39)40/h1-30H. The van der Waals surface area contributed by atoms with E-state index in [4.69, 9.17) is 34.6 Å². The normalized spacial score (nSPS) is 11.2. The number of aromatic nitrogens is 6. The molecular formula is C48H30N6OS. The van der Waals surface area contributed by atoms with Crippen LogP contribution in [0.4, 0.5) is 0 Å². The van der Waals surface area contributed by atoms with E-state index in [9.17, 15) is 0 Å². The van der Waals surface area contributed by atoms with E-state index < -0.39 is 0 Å². The number of rotatable bonds is 8. The van der Waals surface area contributed by atoms with E-state index in [1.54, 1.807) is 11.3 Å². The number of fused-ring (bicyclic) bond motifs is 3. The maximum atomic E-state index is 6.40. The summed E-state index contributed by atoms with van der Waals surface area (Å²) in [5.74, 6) is 4.93. The van der Waals surface area contributed by atoms with Crippen molar-refractivity contribution in [3.63, 3.8) is 0 Å². The molecule has 0 saturated heterocycles. The summed E-state index contributed by atoms with van der Waals surface area (Å²) in [5.41, 5.74) is 5.40. The minimum absolute atomic E-state index is 0.560. The van der Waals surface area contributed by atoms with Crippen molar-refractivity contribution in [1.29, 1.82) is 0 Å². The maximum absolute atomic E-state index is 6.40. The molecule has 0 radical (unpaired) electrons. The van der Waals surface area contributed by atoms with Gasteiger partial charge in [-0.05, 0) is 48.5 Å². The summed E-state index contributed by atoms with van der Waals surface area (Å²) in [7, 11) is 0. The molecule has 0 fully saturated rings. The van der Waals surface area contributed by atoms with Crippen LogP contribution in [0, 0.1) is 0 Å². The first kappa shape index (κ1) is 33.2. The Bertz CT molecular complexity index is 2930. The number of benzene rings is 7. The Hall–Kier alpha value is -7.42. The van der Waals surface area contributed by atoms with E-state index in [0.29, 0.717) is 46.4 Å². The zero-order valence-corrected chi connectivity index (χ0v) is 30.6. The lowest BCUT2D eigenvalue weighted by molar-refractivity contribution is 0.483. The quantitative estimate of drug-likeness (QED) is 0.153. The summed E-state index contributed by atoms with van der Waals surface area (Å²) in [6.07, 6.45) is 0. The molecule has 0 atom stereocenters. The van der Waals surface area contributed by atoms with Crippen LogP contribution in [0.2, 0.25) is 0 Å². The van der Waals surface area contributed by atoms with Crippen molar-refractivity contribution in [2.45, 2.75) is 0 Å². The van der Waals surface area contributed by atoms with Gasteiger partial charge in [0.15, 0.2) is 34.9 Å². The Labute approximate surface area is 326 Å². The molecule has 8 heteroatoms. The largest absolute Gasteiger partial charge is 0.457 e. The highest BCUT2D eigenvalue weighted by molar-refractivity contribution is 7.26. The molecule has 7 nitrogen and oxygen atoms in total. The minimum atomic E-state index is 0.560. The molecule has 0 aliphatic rings. The summed E-state index contributed by atoms with van der Waals surface area (Å²) >= 11 is 1.76. The molecule has 0 bridgehead atoms. The van der Waals surface area contributed by atoms with Gasteiger partial charge in [-0.3, -0.25) is 0 Å². The fourth-order valence-corrected chi connectivity index (χ4v) is 7.92. The molecule has 0 unspecified atom stereocenters. The molecule has 0 N–H and O–H groups in total. The summed E-state index contributed by atoms with van der Waals surface area (Å²) in [4.78, 5) is 29.6. The van der Waals surface area contributed by atoms with Crippen molar-refractivity contribution in [3.8, 4) is 79.8 Å². The van der Waals surface area contributed by atoms with Crippen LogP contribution in [0.15, 0.2) is 182 Å². The van der Waals surface area contributed by atoms with Crippen LogP contribution in [-0.4, -0.2) is 29.9 Å². The van der Waals surface area contributed by atoms with E-state index >= 15 is 0 Å². The molecule has 0 saturated carbocycles. The lowest BCUT2D eigenvalue weighted by atomic mass is 10.1. The average molecular weight is 739 g/mol. The maximum Gasteiger partial charge on any atom is 0.165 e. The number of thiophene rings is 1. The van der Waals surface area contributed by atoms with Crippen molar-refractivity contribution in [2.75, 3.05) is 0 Å². The van der Waals surface area contributed by atoms with E-state index in [-0.39, 0.29) is 0 Å². The topological polar surface area (TPSA) is 86.6 Å². The van der Waals surface area contributed by atoms with Gasteiger partial charge >= 0.3 is 0 Å². The van der Waals surface area contributed by atoms with Gasteiger partial charge in [-0.25, -0.2) is 29.9 Å². The Morgan fingerprint density at radius 2 is 0.768 bits per heavy atom. The number of ether oxygens (including phenoxy) is 1. The van der Waals surface area contributed by atoms with Crippen LogP contribution < -0.4 is 4.74 Å². The van der Waals surface area contributed by atoms with Crippen molar-refractivity contribution in [1.82, 2.24) is 29.9 Å². The van der Waals surface area contributed by atoms with Crippen molar-refractivity contribution < 1.29 is 4.74 Å². The first-order chi connectivity index (χ1) is 27.7. The fraction of sp³-hybridized carbons (Fsp3) is 0. The molecule has 10 aromatic rings. The Morgan fingerprint density at radius 3 is 1.36 bits per heavy atom. The lowest BCUT2D eigenvalue weighted by Crippen LogP contribution is -2.00. The van der Waals surface area contributed by atoms with Gasteiger partial charge in [0.1, 0.15) is 11.5 Å². The van der Waals surface area contributed by atoms with Crippen LogP contribution >= 0.6 is 11.3 Å². The van der Waals surface area contributed by atoms with E-state index in [1.165, 1.54) is 15.5 Å². The molecule has 0 aliphatic carbocycles. The molecule has 3 heterocycles. The molecule has 264 valence electrons. The summed E-state index contributed by atoms with van der Waals surface area (Å²) in [6.45, 7) is 0. The number of hydrogen-bond acceptors (Lipinski definition) is 8. The molecule has 0 amide bonds. The smallest absolute Gasteiger partial charge is 0.165 e. The Balaban J connectivity index is 0.983. The summed E-state index contributed by atoms with van der Waals surface area (Å²) in [5, 5.41) is 2.43. The highest BCUT2D eigenvalue weighted by Crippen LogP contribution is 2.40. The van der Waals surface area contributed by atoms with Crippen LogP contribution in [0.1, 0.15) is 0 Å². The molecule has 3 aromatic heterocycles. The Morgan fingerprint density at radius 1 is 0.321 bits per heavy atom. The Kier molecular flexibility index (Phi) is 8.55. The second kappa shape index (κ2) is 14.4. The lowest BCUT2D eigenvalue weighted by Gasteiger charge is -2.11. The highest BCUT2D eigenvalue weighted by Gasteiger charge is 2.17. The third-order valence-corrected chi connectivity index (χ3v) is 10.7. The first-order valence-corrected chi connectivity index (χ1v) is 19.0. The number of nitrogens with zero attached hydrogens (tertiary/aromatic N) is 6. The predicted octanol–water partition coefficient (Wildman–Crippen LogP) is 12.2. The monoisotopic (exact) mass is 738 g/mol. The van der Waals surface area contributed by atoms with Gasteiger partial charge in [-0.1, -0.05) is 133 Å². The molecule has 10 rings (SSSR count). The second-order valence-electron chi connectivity index (χ2n) is 13.1. The summed E-state index contributed by atoms with van der Waals surface area (Å²) in [6, 6.07) is 60.4. The summed E-state index contributed by atoms with van der Waals surface area (Å²) < 4.78 is 8.79. The van der Waals surface area contributed by atoms with Gasteiger partial charge in [-0.2, -0.15) is 0 Å². The van der Waals surface area contributed by atoms with Gasteiger partial charge in [0.25, 0.3) is 0 Å². The second-order valence-corrected chi connectivity index (χ2v) is 14.2. The highest BCUT2D eigenvalue weighted by atomic mass is 32.1. The van der Waals surface area contributed by atoms with Gasteiger partial charge in [0, 0.05) is 53.6 Å². The van der Waals surface area contributed by atoms with Crippen molar-refractivity contribution in [3.05, 3.63) is 182 Å². The van der Waals surface area contributed by atoms with Crippen LogP contribution in [-0.2, 0) is 0 Å². The van der Waals surface area contributed by atoms with Gasteiger partial charge in [0.2, 0.25) is 0 Å². The third kappa shape index (κ3) is 6.55. The molecule has 56 heavy (non-hydrogen) atoms. The predicted molar refractivity (Wildman–Crippen MR) is 225 cm³/mol. The molecule has 7 aromatic carbocycles. The SMILES string of the molecule is c1ccc(-c2nc(-c3ccccc3)nc(-c3cccc(Oc4ccc(-c5nc(-c6ccccc6)nc(-c6cccc7c6sc6ccccc67)n5)cc4)c3)n2)cc1. The molecule has 0 aliphatic heterocycles. The zero-order valence-electron chi connectivity index (χ0n) is 29.8. The van der Waals surface area contributed by atoms with Crippen LogP contribution in [0.3, 0.4) is 0 Å². The van der Waals surface area contributed by atoms with E-state index in [2.05, 4.69) is 42.5 Å². The van der Waals surface area contributed by atoms with E-state index in [0.717, 1.165) is 38.1 Å². The van der Waals surface area contributed by atoms with Gasteiger partial charge < -0.3 is 4.74 Å². The minimum Gasteiger partial charge on any atom is -0.457 e. The average Bonchev–Trinajstić information content (AvgIpc) is 3.66. The van der Waals surface area contributed by atoms with Gasteiger partial charge in [0.05, 0.1) is 0 Å². The number of hydrogen-bond donors (Lipinski definition) is 0. The van der Waals surface area contributed by atoms with E-state index in [1.807, 2.05) is 140 Å². The van der Waals surface area contributed by atoms with Crippen molar-refractivity contribution in [2.24, 2.45) is 0 Å². The van der Waals surface area contributed by atoms with Crippen molar-refractivity contribution >= 4 is 31.5 Å². The van der Waals surface area contributed by atoms with Crippen LogP contribution in [0.5, 0.6) is 11.5 Å². The van der Waals surface area contributed by atoms with Gasteiger partial charge in [-0.15, -0.1) is 11.3 Å². The molecule has 0 spiro atoms. The zero-order chi connectivity index (χ0) is 37.3. The first-order valence-electron chi connectivity index (χ1n) is 18.2. The third-order valence-electron chi connectivity index (χ3n) is 9.45. The molecular weight excluding hydrogens is 709 g/mol. The van der Waals surface area contributed by atoms with Crippen LogP contribution in [0.25, 0.3) is 88.5 Å². The fourth-order valence-electron chi connectivity index (χ4n) is 6.71.